The lowest BCUT2D eigenvalue weighted by atomic mass is 10.2. The first-order valence-electron chi connectivity index (χ1n) is 5.72. The van der Waals surface area contributed by atoms with Crippen LogP contribution in [-0.4, -0.2) is 20.6 Å². The quantitative estimate of drug-likeness (QED) is 0.925. The molecule has 1 aliphatic rings. The van der Waals surface area contributed by atoms with Crippen LogP contribution in [0.1, 0.15) is 34.8 Å². The summed E-state index contributed by atoms with van der Waals surface area (Å²) in [6.07, 6.45) is 5.96. The summed E-state index contributed by atoms with van der Waals surface area (Å²) in [5.41, 5.74) is 1.92. The number of aromatic carboxylic acids is 1. The summed E-state index contributed by atoms with van der Waals surface area (Å²) in [6, 6.07) is 4.65. The number of carbonyl (C=O) groups is 1. The highest BCUT2D eigenvalue weighted by molar-refractivity contribution is 6.32. The summed E-state index contributed by atoms with van der Waals surface area (Å²) >= 11 is 6.10. The van der Waals surface area contributed by atoms with E-state index in [0.717, 1.165) is 5.69 Å². The van der Waals surface area contributed by atoms with Crippen molar-refractivity contribution in [3.63, 3.8) is 0 Å². The molecular formula is C13H11ClN2O2. The van der Waals surface area contributed by atoms with Gasteiger partial charge in [-0.15, -0.1) is 0 Å². The Hall–Kier alpha value is -1.81. The molecule has 0 atom stereocenters. The zero-order valence-electron chi connectivity index (χ0n) is 9.51. The Morgan fingerprint density at radius 1 is 1.44 bits per heavy atom. The van der Waals surface area contributed by atoms with Crippen molar-refractivity contribution in [3.8, 4) is 5.69 Å². The zero-order chi connectivity index (χ0) is 12.7. The molecule has 4 nitrogen and oxygen atoms in total. The fourth-order valence-electron chi connectivity index (χ4n) is 1.90. The van der Waals surface area contributed by atoms with Crippen LogP contribution >= 0.6 is 11.6 Å². The predicted molar refractivity (Wildman–Crippen MR) is 67.5 cm³/mol. The number of hydrogen-bond donors (Lipinski definition) is 1. The molecule has 1 aromatic heterocycles. The molecule has 92 valence electrons. The number of halogens is 1. The first kappa shape index (κ1) is 11.3. The van der Waals surface area contributed by atoms with E-state index >= 15 is 0 Å². The van der Waals surface area contributed by atoms with E-state index in [1.54, 1.807) is 23.0 Å². The number of imidazole rings is 1. The molecule has 1 fully saturated rings. The molecule has 0 bridgehead atoms. The van der Waals surface area contributed by atoms with Gasteiger partial charge in [-0.05, 0) is 31.0 Å². The van der Waals surface area contributed by atoms with Crippen LogP contribution in [0.4, 0.5) is 0 Å². The van der Waals surface area contributed by atoms with Gasteiger partial charge in [0.25, 0.3) is 0 Å². The minimum atomic E-state index is -0.963. The molecule has 0 aliphatic heterocycles. The lowest BCUT2D eigenvalue weighted by Gasteiger charge is -2.06. The molecular weight excluding hydrogens is 252 g/mol. The molecule has 1 aliphatic carbocycles. The highest BCUT2D eigenvalue weighted by atomic mass is 35.5. The van der Waals surface area contributed by atoms with Crippen LogP contribution in [0.5, 0.6) is 0 Å². The Morgan fingerprint density at radius 3 is 2.89 bits per heavy atom. The van der Waals surface area contributed by atoms with Crippen LogP contribution in [0, 0.1) is 0 Å². The SMILES string of the molecule is O=C(O)c1ccc(Cl)c(-n2cnc(C3CC3)c2)c1. The maximum atomic E-state index is 11.0. The first-order valence-corrected chi connectivity index (χ1v) is 6.10. The van der Waals surface area contributed by atoms with E-state index in [4.69, 9.17) is 16.7 Å². The smallest absolute Gasteiger partial charge is 0.335 e. The van der Waals surface area contributed by atoms with Crippen LogP contribution in [-0.2, 0) is 0 Å². The monoisotopic (exact) mass is 262 g/mol. The van der Waals surface area contributed by atoms with E-state index < -0.39 is 5.97 Å². The Labute approximate surface area is 109 Å². The van der Waals surface area contributed by atoms with Gasteiger partial charge in [0.05, 0.1) is 28.3 Å². The summed E-state index contributed by atoms with van der Waals surface area (Å²) in [7, 11) is 0. The predicted octanol–water partition coefficient (Wildman–Crippen LogP) is 3.10. The maximum absolute atomic E-state index is 11.0. The molecule has 0 radical (unpaired) electrons. The lowest BCUT2D eigenvalue weighted by Crippen LogP contribution is -1.99. The average molecular weight is 263 g/mol. The second kappa shape index (κ2) is 4.14. The van der Waals surface area contributed by atoms with Crippen LogP contribution in [0.25, 0.3) is 5.69 Å². The van der Waals surface area contributed by atoms with E-state index in [1.807, 2.05) is 6.20 Å². The van der Waals surface area contributed by atoms with Crippen molar-refractivity contribution in [2.75, 3.05) is 0 Å². The molecule has 5 heteroatoms. The van der Waals surface area contributed by atoms with Gasteiger partial charge in [0.2, 0.25) is 0 Å². The second-order valence-corrected chi connectivity index (χ2v) is 4.86. The van der Waals surface area contributed by atoms with Crippen LogP contribution in [0.15, 0.2) is 30.7 Å². The standard InChI is InChI=1S/C13H11ClN2O2/c14-10-4-3-9(13(17)18)5-12(10)16-6-11(15-7-16)8-1-2-8/h3-8H,1-2H2,(H,17,18). The third kappa shape index (κ3) is 1.99. The van der Waals surface area contributed by atoms with E-state index in [0.29, 0.717) is 16.6 Å². The fourth-order valence-corrected chi connectivity index (χ4v) is 2.12. The lowest BCUT2D eigenvalue weighted by molar-refractivity contribution is 0.0697. The Kier molecular flexibility index (Phi) is 2.59. The molecule has 18 heavy (non-hydrogen) atoms. The Bertz CT molecular complexity index is 617. The van der Waals surface area contributed by atoms with Crippen molar-refractivity contribution in [2.24, 2.45) is 0 Å². The third-order valence-electron chi connectivity index (χ3n) is 3.07. The highest BCUT2D eigenvalue weighted by Crippen LogP contribution is 2.39. The van der Waals surface area contributed by atoms with Gasteiger partial charge in [-0.3, -0.25) is 0 Å². The second-order valence-electron chi connectivity index (χ2n) is 4.45. The molecule has 0 saturated heterocycles. The van der Waals surface area contributed by atoms with E-state index in [1.165, 1.54) is 18.9 Å². The van der Waals surface area contributed by atoms with Gasteiger partial charge in [0.15, 0.2) is 0 Å². The first-order chi connectivity index (χ1) is 8.65. The van der Waals surface area contributed by atoms with Crippen molar-refractivity contribution in [1.82, 2.24) is 9.55 Å². The van der Waals surface area contributed by atoms with Crippen molar-refractivity contribution in [1.29, 1.82) is 0 Å². The Balaban J connectivity index is 2.03. The van der Waals surface area contributed by atoms with Gasteiger partial charge in [-0.2, -0.15) is 0 Å². The normalized spacial score (nSPS) is 14.7. The summed E-state index contributed by atoms with van der Waals surface area (Å²) in [4.78, 5) is 15.3. The van der Waals surface area contributed by atoms with Crippen LogP contribution in [0.3, 0.4) is 0 Å². The third-order valence-corrected chi connectivity index (χ3v) is 3.39. The summed E-state index contributed by atoms with van der Waals surface area (Å²) in [5, 5.41) is 9.50. The van der Waals surface area contributed by atoms with E-state index in [2.05, 4.69) is 4.98 Å². The highest BCUT2D eigenvalue weighted by Gasteiger charge is 2.26. The van der Waals surface area contributed by atoms with Gasteiger partial charge >= 0.3 is 5.97 Å². The van der Waals surface area contributed by atoms with Gasteiger partial charge in [-0.25, -0.2) is 9.78 Å². The largest absolute Gasteiger partial charge is 0.478 e. The molecule has 1 heterocycles. The average Bonchev–Trinajstić information content (AvgIpc) is 3.08. The molecule has 1 saturated carbocycles. The fraction of sp³-hybridized carbons (Fsp3) is 0.231. The molecule has 0 amide bonds. The van der Waals surface area contributed by atoms with Crippen molar-refractivity contribution < 1.29 is 9.90 Å². The number of hydrogen-bond acceptors (Lipinski definition) is 2. The van der Waals surface area contributed by atoms with Crippen molar-refractivity contribution in [2.45, 2.75) is 18.8 Å². The van der Waals surface area contributed by atoms with Gasteiger partial charge in [0.1, 0.15) is 0 Å². The zero-order valence-corrected chi connectivity index (χ0v) is 10.3. The molecule has 1 aromatic carbocycles. The maximum Gasteiger partial charge on any atom is 0.335 e. The van der Waals surface area contributed by atoms with Crippen LogP contribution in [0.2, 0.25) is 5.02 Å². The van der Waals surface area contributed by atoms with Gasteiger partial charge in [0, 0.05) is 12.1 Å². The number of aromatic nitrogens is 2. The molecule has 3 rings (SSSR count). The van der Waals surface area contributed by atoms with Crippen molar-refractivity contribution in [3.05, 3.63) is 47.0 Å². The molecule has 2 aromatic rings. The van der Waals surface area contributed by atoms with Crippen LogP contribution < -0.4 is 0 Å². The minimum absolute atomic E-state index is 0.219. The van der Waals surface area contributed by atoms with Gasteiger partial charge in [-0.1, -0.05) is 11.6 Å². The number of carboxylic acid groups (broad SMARTS) is 1. The Morgan fingerprint density at radius 2 is 2.22 bits per heavy atom. The number of carboxylic acids is 1. The molecule has 0 spiro atoms. The summed E-state index contributed by atoms with van der Waals surface area (Å²) in [6.45, 7) is 0. The topological polar surface area (TPSA) is 55.1 Å². The number of nitrogens with zero attached hydrogens (tertiary/aromatic N) is 2. The van der Waals surface area contributed by atoms with E-state index in [-0.39, 0.29) is 5.56 Å². The number of rotatable bonds is 3. The molecule has 1 N–H and O–H groups in total. The van der Waals surface area contributed by atoms with Crippen molar-refractivity contribution >= 4 is 17.6 Å². The van der Waals surface area contributed by atoms with E-state index in [9.17, 15) is 4.79 Å². The molecule has 0 unspecified atom stereocenters. The number of benzene rings is 1. The summed E-state index contributed by atoms with van der Waals surface area (Å²) < 4.78 is 1.78. The summed E-state index contributed by atoms with van der Waals surface area (Å²) in [5.74, 6) is -0.400. The van der Waals surface area contributed by atoms with Gasteiger partial charge < -0.3 is 9.67 Å². The minimum Gasteiger partial charge on any atom is -0.478 e.